The number of hydrogen-bond acceptors (Lipinski definition) is 5. The third-order valence-electron chi connectivity index (χ3n) is 3.70. The van der Waals surface area contributed by atoms with Crippen molar-refractivity contribution in [3.05, 3.63) is 18.0 Å². The van der Waals surface area contributed by atoms with E-state index in [1.54, 1.807) is 0 Å². The Hall–Kier alpha value is -1.91. The maximum atomic E-state index is 12.0. The summed E-state index contributed by atoms with van der Waals surface area (Å²) < 4.78 is 26.1. The molecule has 10 heteroatoms. The van der Waals surface area contributed by atoms with Crippen LogP contribution in [0.15, 0.2) is 17.2 Å². The normalized spacial score (nSPS) is 12.1. The number of hydrogen-bond donors (Lipinski definition) is 5. The van der Waals surface area contributed by atoms with Crippen LogP contribution >= 0.6 is 0 Å². The van der Waals surface area contributed by atoms with E-state index in [0.717, 1.165) is 12.3 Å². The highest BCUT2D eigenvalue weighted by Gasteiger charge is 2.22. The quantitative estimate of drug-likeness (QED) is 0.388. The molecular weight excluding hydrogens is 322 g/mol. The number of amides is 2. The van der Waals surface area contributed by atoms with Gasteiger partial charge in [0, 0.05) is 18.3 Å². The molecule has 0 fully saturated rings. The number of nitrogens with one attached hydrogen (secondary N) is 3. The third-order valence-corrected chi connectivity index (χ3v) is 5.08. The molecule has 0 aliphatic carbocycles. The van der Waals surface area contributed by atoms with E-state index in [1.165, 1.54) is 0 Å². The van der Waals surface area contributed by atoms with Gasteiger partial charge in [0.15, 0.2) is 0 Å². The van der Waals surface area contributed by atoms with Gasteiger partial charge >= 0.3 is 0 Å². The van der Waals surface area contributed by atoms with E-state index in [-0.39, 0.29) is 17.1 Å². The first-order valence-corrected chi connectivity index (χ1v) is 8.65. The van der Waals surface area contributed by atoms with Gasteiger partial charge in [0.05, 0.1) is 6.54 Å². The zero-order chi connectivity index (χ0) is 17.7. The molecule has 0 saturated carbocycles. The van der Waals surface area contributed by atoms with Crippen molar-refractivity contribution in [1.82, 2.24) is 15.0 Å². The molecule has 2 amide bonds. The molecule has 0 radical (unpaired) electrons. The minimum Gasteiger partial charge on any atom is -0.364 e. The first kappa shape index (κ1) is 19.1. The van der Waals surface area contributed by atoms with Crippen LogP contribution in [0, 0.1) is 0 Å². The molecule has 0 aliphatic heterocycles. The van der Waals surface area contributed by atoms with E-state index >= 15 is 0 Å². The second-order valence-corrected chi connectivity index (χ2v) is 7.05. The van der Waals surface area contributed by atoms with Crippen LogP contribution in [-0.2, 0) is 14.8 Å². The lowest BCUT2D eigenvalue weighted by Gasteiger charge is -2.26. The Morgan fingerprint density at radius 1 is 1.30 bits per heavy atom. The average Bonchev–Trinajstić information content (AvgIpc) is 3.02. The van der Waals surface area contributed by atoms with Crippen LogP contribution < -0.4 is 21.5 Å². The number of sulfonamides is 1. The molecule has 9 nitrogen and oxygen atoms in total. The summed E-state index contributed by atoms with van der Waals surface area (Å²) in [6.45, 7) is 3.67. The molecule has 130 valence electrons. The fourth-order valence-corrected chi connectivity index (χ4v) is 2.73. The zero-order valence-corrected chi connectivity index (χ0v) is 14.0. The zero-order valence-electron chi connectivity index (χ0n) is 13.2. The summed E-state index contributed by atoms with van der Waals surface area (Å²) in [5.41, 5.74) is 10.5. The van der Waals surface area contributed by atoms with Gasteiger partial charge in [-0.15, -0.1) is 0 Å². The molecule has 0 bridgehead atoms. The predicted octanol–water partition coefficient (Wildman–Crippen LogP) is -0.974. The number of primary amides is 1. The molecule has 1 aromatic rings. The maximum Gasteiger partial charge on any atom is 0.265 e. The van der Waals surface area contributed by atoms with Gasteiger partial charge in [0.25, 0.3) is 5.91 Å². The molecule has 7 N–H and O–H groups in total. The summed E-state index contributed by atoms with van der Waals surface area (Å²) in [7, 11) is -3.91. The van der Waals surface area contributed by atoms with Crippen molar-refractivity contribution in [2.45, 2.75) is 37.1 Å². The Labute approximate surface area is 135 Å². The molecule has 0 spiro atoms. The lowest BCUT2D eigenvalue weighted by molar-refractivity contribution is -0.120. The highest BCUT2D eigenvalue weighted by Crippen LogP contribution is 2.10. The van der Waals surface area contributed by atoms with Crippen molar-refractivity contribution in [1.29, 1.82) is 0 Å². The van der Waals surface area contributed by atoms with Gasteiger partial charge in [-0.05, 0) is 18.9 Å². The minimum atomic E-state index is -3.91. The maximum absolute atomic E-state index is 12.0. The van der Waals surface area contributed by atoms with Crippen molar-refractivity contribution >= 4 is 21.8 Å². The van der Waals surface area contributed by atoms with Crippen LogP contribution in [0.2, 0.25) is 0 Å². The molecule has 0 unspecified atom stereocenters. The smallest absolute Gasteiger partial charge is 0.265 e. The Kier molecular flexibility index (Phi) is 6.30. The van der Waals surface area contributed by atoms with Crippen LogP contribution in [0.4, 0.5) is 0 Å². The van der Waals surface area contributed by atoms with Crippen molar-refractivity contribution in [2.24, 2.45) is 11.5 Å². The monoisotopic (exact) mass is 345 g/mol. The highest BCUT2D eigenvalue weighted by molar-refractivity contribution is 7.89. The highest BCUT2D eigenvalue weighted by atomic mass is 32.2. The number of aromatic amines is 1. The van der Waals surface area contributed by atoms with Crippen molar-refractivity contribution in [3.8, 4) is 0 Å². The van der Waals surface area contributed by atoms with Crippen molar-refractivity contribution < 1.29 is 18.0 Å². The molecule has 0 saturated heterocycles. The van der Waals surface area contributed by atoms with Crippen molar-refractivity contribution in [3.63, 3.8) is 0 Å². The number of rotatable bonds is 9. The van der Waals surface area contributed by atoms with Gasteiger partial charge in [-0.25, -0.2) is 13.1 Å². The lowest BCUT2D eigenvalue weighted by Crippen LogP contribution is -2.50. The van der Waals surface area contributed by atoms with Gasteiger partial charge < -0.3 is 21.8 Å². The fraction of sp³-hybridized carbons (Fsp3) is 0.538. The third kappa shape index (κ3) is 5.34. The largest absolute Gasteiger partial charge is 0.364 e. The van der Waals surface area contributed by atoms with E-state index in [0.29, 0.717) is 12.8 Å². The summed E-state index contributed by atoms with van der Waals surface area (Å²) in [5.74, 6) is -1.27. The summed E-state index contributed by atoms with van der Waals surface area (Å²) in [5, 5.41) is 2.60. The number of carbonyl (C=O) groups excluding carboxylic acids is 2. The number of nitrogens with two attached hydrogens (primary N) is 2. The first-order chi connectivity index (χ1) is 10.6. The Bertz CT molecular complexity index is 664. The van der Waals surface area contributed by atoms with Gasteiger partial charge in [-0.2, -0.15) is 0 Å². The first-order valence-electron chi connectivity index (χ1n) is 7.17. The summed E-state index contributed by atoms with van der Waals surface area (Å²) in [6, 6.07) is 1.10. The van der Waals surface area contributed by atoms with Crippen LogP contribution in [0.1, 0.15) is 37.2 Å². The van der Waals surface area contributed by atoms with Crippen LogP contribution in [0.3, 0.4) is 0 Å². The van der Waals surface area contributed by atoms with E-state index < -0.39 is 33.9 Å². The molecule has 1 aromatic heterocycles. The minimum absolute atomic E-state index is 0.0337. The second-order valence-electron chi connectivity index (χ2n) is 5.28. The van der Waals surface area contributed by atoms with Gasteiger partial charge in [-0.1, -0.05) is 13.8 Å². The van der Waals surface area contributed by atoms with Gasteiger partial charge in [0.1, 0.15) is 10.6 Å². The summed E-state index contributed by atoms with van der Waals surface area (Å²) >= 11 is 0. The van der Waals surface area contributed by atoms with Crippen LogP contribution in [0.5, 0.6) is 0 Å². The fourth-order valence-electron chi connectivity index (χ4n) is 1.75. The molecule has 1 rings (SSSR count). The number of carbonyl (C=O) groups is 2. The van der Waals surface area contributed by atoms with Crippen molar-refractivity contribution in [2.75, 3.05) is 13.1 Å². The number of aromatic nitrogens is 1. The topological polar surface area (TPSA) is 160 Å². The molecule has 0 atom stereocenters. The molecule has 23 heavy (non-hydrogen) atoms. The SMILES string of the molecule is CCC(N)(CC)CNC(=O)CNS(=O)(=O)c1c[nH]c(C(N)=O)c1. The molecule has 0 aromatic carbocycles. The van der Waals surface area contributed by atoms with Gasteiger partial charge in [-0.3, -0.25) is 9.59 Å². The average molecular weight is 345 g/mol. The molecule has 1 heterocycles. The summed E-state index contributed by atoms with van der Waals surface area (Å²) in [4.78, 5) is 25.0. The molecule has 0 aliphatic rings. The lowest BCUT2D eigenvalue weighted by atomic mass is 9.94. The Balaban J connectivity index is 2.58. The number of H-pyrrole nitrogens is 1. The molecular formula is C13H23N5O4S. The predicted molar refractivity (Wildman–Crippen MR) is 85.0 cm³/mol. The van der Waals surface area contributed by atoms with Crippen LogP contribution in [0.25, 0.3) is 0 Å². The van der Waals surface area contributed by atoms with E-state index in [1.807, 2.05) is 13.8 Å². The Morgan fingerprint density at radius 3 is 2.39 bits per heavy atom. The van der Waals surface area contributed by atoms with E-state index in [2.05, 4.69) is 15.0 Å². The standard InChI is InChI=1S/C13H23N5O4S/c1-3-13(15,4-2)8-17-11(19)7-18-23(21,22)9-5-10(12(14)20)16-6-9/h5-6,16,18H,3-4,7-8,15H2,1-2H3,(H2,14,20)(H,17,19). The van der Waals surface area contributed by atoms with Crippen LogP contribution in [-0.4, -0.2) is 43.8 Å². The van der Waals surface area contributed by atoms with E-state index in [4.69, 9.17) is 11.5 Å². The van der Waals surface area contributed by atoms with E-state index in [9.17, 15) is 18.0 Å². The summed E-state index contributed by atoms with van der Waals surface area (Å²) in [6.07, 6.45) is 2.50. The van der Waals surface area contributed by atoms with Gasteiger partial charge in [0.2, 0.25) is 15.9 Å². The Morgan fingerprint density at radius 2 is 1.91 bits per heavy atom. The second kappa shape index (κ2) is 7.57.